The minimum absolute atomic E-state index is 0.112. The molecule has 0 bridgehead atoms. The predicted molar refractivity (Wildman–Crippen MR) is 137 cm³/mol. The van der Waals surface area contributed by atoms with Crippen molar-refractivity contribution >= 4 is 11.7 Å². The maximum atomic E-state index is 12.8. The average molecular weight is 482 g/mol. The van der Waals surface area contributed by atoms with Gasteiger partial charge in [-0.3, -0.25) is 19.1 Å². The Balaban J connectivity index is 1.25. The zero-order valence-corrected chi connectivity index (χ0v) is 21.0. The quantitative estimate of drug-likeness (QED) is 0.572. The van der Waals surface area contributed by atoms with Crippen molar-refractivity contribution < 1.29 is 9.90 Å². The van der Waals surface area contributed by atoms with Gasteiger partial charge in [-0.2, -0.15) is 0 Å². The summed E-state index contributed by atoms with van der Waals surface area (Å²) in [4.78, 5) is 34.1. The summed E-state index contributed by atoms with van der Waals surface area (Å²) in [6.45, 7) is 8.31. The molecule has 8 nitrogen and oxygen atoms in total. The van der Waals surface area contributed by atoms with Crippen molar-refractivity contribution in [2.75, 3.05) is 38.0 Å². The Bertz CT molecular complexity index is 1030. The van der Waals surface area contributed by atoms with Gasteiger partial charge >= 0.3 is 0 Å². The molecule has 0 radical (unpaired) electrons. The smallest absolute Gasteiger partial charge is 0.255 e. The first-order valence-electron chi connectivity index (χ1n) is 12.9. The van der Waals surface area contributed by atoms with Gasteiger partial charge in [0.2, 0.25) is 5.91 Å². The highest BCUT2D eigenvalue weighted by Gasteiger charge is 2.35. The van der Waals surface area contributed by atoms with Crippen LogP contribution in [-0.4, -0.2) is 74.7 Å². The number of nitrogens with one attached hydrogen (secondary N) is 1. The zero-order chi connectivity index (χ0) is 24.8. The van der Waals surface area contributed by atoms with Crippen molar-refractivity contribution in [2.45, 2.75) is 70.1 Å². The number of aliphatic hydroxyl groups is 1. The highest BCUT2D eigenvalue weighted by Crippen LogP contribution is 2.26. The fourth-order valence-corrected chi connectivity index (χ4v) is 5.23. The van der Waals surface area contributed by atoms with Crippen LogP contribution in [0.1, 0.15) is 57.4 Å². The number of hydrogen-bond acceptors (Lipinski definition) is 6. The van der Waals surface area contributed by atoms with Crippen LogP contribution in [-0.2, 0) is 11.3 Å². The Kier molecular flexibility index (Phi) is 8.23. The average Bonchev–Trinajstić information content (AvgIpc) is 3.26. The van der Waals surface area contributed by atoms with Crippen LogP contribution in [0.5, 0.6) is 0 Å². The molecule has 2 N–H and O–H groups in total. The molecule has 1 aromatic carbocycles. The fraction of sp³-hybridized carbons (Fsp3) is 0.593. The summed E-state index contributed by atoms with van der Waals surface area (Å²) in [5.41, 5.74) is -0.0424. The molecule has 1 unspecified atom stereocenters. The predicted octanol–water partition coefficient (Wildman–Crippen LogP) is 2.69. The van der Waals surface area contributed by atoms with E-state index >= 15 is 0 Å². The lowest BCUT2D eigenvalue weighted by Gasteiger charge is -2.38. The summed E-state index contributed by atoms with van der Waals surface area (Å²) >= 11 is 0. The largest absolute Gasteiger partial charge is 0.388 e. The van der Waals surface area contributed by atoms with Crippen molar-refractivity contribution in [1.82, 2.24) is 19.4 Å². The molecule has 8 heteroatoms. The molecule has 3 heterocycles. The number of anilines is 1. The maximum Gasteiger partial charge on any atom is 0.255 e. The molecule has 2 fully saturated rings. The number of benzene rings is 1. The van der Waals surface area contributed by atoms with E-state index in [4.69, 9.17) is 0 Å². The van der Waals surface area contributed by atoms with Gasteiger partial charge in [-0.15, -0.1) is 0 Å². The second-order valence-corrected chi connectivity index (χ2v) is 10.3. The van der Waals surface area contributed by atoms with E-state index < -0.39 is 5.60 Å². The van der Waals surface area contributed by atoms with Crippen molar-refractivity contribution in [2.24, 2.45) is 0 Å². The van der Waals surface area contributed by atoms with Gasteiger partial charge in [0.1, 0.15) is 5.82 Å². The van der Waals surface area contributed by atoms with Crippen molar-refractivity contribution in [3.63, 3.8) is 0 Å². The molecule has 0 aliphatic carbocycles. The number of likely N-dealkylation sites (tertiary alicyclic amines) is 2. The van der Waals surface area contributed by atoms with E-state index in [1.807, 2.05) is 35.2 Å². The van der Waals surface area contributed by atoms with Gasteiger partial charge in [-0.05, 0) is 50.6 Å². The molecular weight excluding hydrogens is 442 g/mol. The minimum atomic E-state index is -1.02. The monoisotopic (exact) mass is 481 g/mol. The minimum Gasteiger partial charge on any atom is -0.388 e. The number of amides is 1. The third-order valence-corrected chi connectivity index (χ3v) is 7.64. The first-order chi connectivity index (χ1) is 16.8. The third kappa shape index (κ3) is 6.70. The second kappa shape index (κ2) is 11.4. The van der Waals surface area contributed by atoms with E-state index in [2.05, 4.69) is 29.0 Å². The zero-order valence-electron chi connectivity index (χ0n) is 21.0. The Morgan fingerprint density at radius 3 is 2.63 bits per heavy atom. The summed E-state index contributed by atoms with van der Waals surface area (Å²) in [5, 5.41) is 14.4. The molecule has 1 amide bonds. The lowest BCUT2D eigenvalue weighted by Crippen LogP contribution is -2.49. The SMILES string of the molecule is CC(CC(=O)N1CCC(O)(Cn2cnc(NCCN3CCC[C@H]3C)cc2=O)CC1)c1ccccc1. The molecule has 190 valence electrons. The van der Waals surface area contributed by atoms with Crippen LogP contribution in [0, 0.1) is 0 Å². The standard InChI is InChI=1S/C27H39N5O3/c1-21(23-8-4-3-5-9-23)17-25(33)31-14-10-27(35,11-15-31)19-32-20-29-24(18-26(32)34)28-12-16-30-13-6-7-22(30)2/h3-5,8-9,18,20-22,28,35H,6-7,10-17,19H2,1-2H3/t21?,22-/m1/s1. The number of carbonyl (C=O) groups is 1. The van der Waals surface area contributed by atoms with Crippen LogP contribution in [0.15, 0.2) is 47.5 Å². The van der Waals surface area contributed by atoms with Crippen LogP contribution in [0.2, 0.25) is 0 Å². The number of carbonyl (C=O) groups excluding carboxylic acids is 1. The number of nitrogens with zero attached hydrogens (tertiary/aromatic N) is 4. The topological polar surface area (TPSA) is 90.7 Å². The van der Waals surface area contributed by atoms with Crippen LogP contribution in [0.25, 0.3) is 0 Å². The van der Waals surface area contributed by atoms with E-state index in [1.165, 1.54) is 29.8 Å². The lowest BCUT2D eigenvalue weighted by molar-refractivity contribution is -0.136. The number of hydrogen-bond donors (Lipinski definition) is 2. The Labute approximate surface area is 208 Å². The maximum absolute atomic E-state index is 12.8. The molecule has 2 atom stereocenters. The summed E-state index contributed by atoms with van der Waals surface area (Å²) in [6, 6.07) is 12.2. The highest BCUT2D eigenvalue weighted by molar-refractivity contribution is 5.77. The van der Waals surface area contributed by atoms with Crippen LogP contribution in [0.4, 0.5) is 5.82 Å². The normalized spacial score (nSPS) is 21.1. The molecule has 0 spiro atoms. The second-order valence-electron chi connectivity index (χ2n) is 10.3. The number of piperidine rings is 1. The van der Waals surface area contributed by atoms with Gasteiger partial charge in [-0.1, -0.05) is 37.3 Å². The first-order valence-corrected chi connectivity index (χ1v) is 12.9. The van der Waals surface area contributed by atoms with Crippen LogP contribution < -0.4 is 10.9 Å². The first kappa shape index (κ1) is 25.4. The van der Waals surface area contributed by atoms with Gasteiger partial charge in [0.15, 0.2) is 0 Å². The van der Waals surface area contributed by atoms with Crippen molar-refractivity contribution in [3.8, 4) is 0 Å². The summed E-state index contributed by atoms with van der Waals surface area (Å²) in [6.07, 6.45) is 5.35. The van der Waals surface area contributed by atoms with Gasteiger partial charge in [0.05, 0.1) is 18.5 Å². The van der Waals surface area contributed by atoms with Gasteiger partial charge in [0.25, 0.3) is 5.56 Å². The highest BCUT2D eigenvalue weighted by atomic mass is 16.3. The lowest BCUT2D eigenvalue weighted by atomic mass is 9.90. The van der Waals surface area contributed by atoms with Gasteiger partial charge < -0.3 is 15.3 Å². The van der Waals surface area contributed by atoms with Gasteiger partial charge in [-0.25, -0.2) is 4.98 Å². The molecule has 2 aliphatic rings. The van der Waals surface area contributed by atoms with Crippen molar-refractivity contribution in [3.05, 3.63) is 58.6 Å². The molecule has 2 aromatic rings. The number of aromatic nitrogens is 2. The molecule has 4 rings (SSSR count). The van der Waals surface area contributed by atoms with E-state index in [0.717, 1.165) is 25.2 Å². The van der Waals surface area contributed by atoms with Gasteiger partial charge in [0, 0.05) is 44.7 Å². The fourth-order valence-electron chi connectivity index (χ4n) is 5.23. The van der Waals surface area contributed by atoms with E-state index in [-0.39, 0.29) is 23.9 Å². The Morgan fingerprint density at radius 2 is 1.97 bits per heavy atom. The molecular formula is C27H39N5O3. The van der Waals surface area contributed by atoms with E-state index in [9.17, 15) is 14.7 Å². The summed E-state index contributed by atoms with van der Waals surface area (Å²) in [5.74, 6) is 0.832. The molecule has 2 saturated heterocycles. The van der Waals surface area contributed by atoms with E-state index in [0.29, 0.717) is 44.2 Å². The van der Waals surface area contributed by atoms with Crippen LogP contribution in [0.3, 0.4) is 0 Å². The van der Waals surface area contributed by atoms with E-state index in [1.54, 1.807) is 0 Å². The molecule has 2 aliphatic heterocycles. The third-order valence-electron chi connectivity index (χ3n) is 7.64. The summed E-state index contributed by atoms with van der Waals surface area (Å²) < 4.78 is 1.47. The Hall–Kier alpha value is -2.71. The number of rotatable bonds is 9. The molecule has 1 aromatic heterocycles. The molecule has 35 heavy (non-hydrogen) atoms. The van der Waals surface area contributed by atoms with Crippen LogP contribution >= 0.6 is 0 Å². The van der Waals surface area contributed by atoms with Crippen molar-refractivity contribution in [1.29, 1.82) is 0 Å². The summed E-state index contributed by atoms with van der Waals surface area (Å²) in [7, 11) is 0. The Morgan fingerprint density at radius 1 is 1.23 bits per heavy atom. The molecule has 0 saturated carbocycles.